The van der Waals surface area contributed by atoms with Gasteiger partial charge in [-0.2, -0.15) is 0 Å². The van der Waals surface area contributed by atoms with Crippen LogP contribution in [0, 0.1) is 11.8 Å². The van der Waals surface area contributed by atoms with Gasteiger partial charge in [-0.25, -0.2) is 8.42 Å². The van der Waals surface area contributed by atoms with Crippen LogP contribution in [-0.2, 0) is 9.84 Å². The Hall–Kier alpha value is -1.38. The van der Waals surface area contributed by atoms with Crippen LogP contribution in [0.25, 0.3) is 0 Å². The summed E-state index contributed by atoms with van der Waals surface area (Å²) in [4.78, 5) is 0. The van der Waals surface area contributed by atoms with Gasteiger partial charge in [0, 0.05) is 6.26 Å². The van der Waals surface area contributed by atoms with Crippen LogP contribution >= 0.6 is 11.6 Å². The summed E-state index contributed by atoms with van der Waals surface area (Å²) in [6, 6.07) is 5.14. The molecule has 0 spiro atoms. The molecule has 0 radical (unpaired) electrons. The Bertz CT molecular complexity index is 584. The molecule has 0 atom stereocenters. The Morgan fingerprint density at radius 2 is 2.11 bits per heavy atom. The summed E-state index contributed by atoms with van der Waals surface area (Å²) >= 11 is 5.52. The predicted molar refractivity (Wildman–Crippen MR) is 75.8 cm³/mol. The molecule has 0 aromatic heterocycles. The first kappa shape index (κ1) is 15.7. The number of hydrogen-bond acceptors (Lipinski definition) is 4. The fraction of sp³-hybridized carbons (Fsp3) is 0.385. The number of benzene rings is 1. The SMILES string of the molecule is COc1ccc(OCCS(C)(=O)=O)c(C#CCCl)c1. The molecule has 0 fully saturated rings. The highest BCUT2D eigenvalue weighted by molar-refractivity contribution is 7.90. The van der Waals surface area contributed by atoms with Crippen LogP contribution in [0.3, 0.4) is 0 Å². The maximum Gasteiger partial charge on any atom is 0.150 e. The molecule has 0 aliphatic heterocycles. The number of ether oxygens (including phenoxy) is 2. The monoisotopic (exact) mass is 302 g/mol. The van der Waals surface area contributed by atoms with E-state index < -0.39 is 9.84 Å². The molecule has 6 heteroatoms. The van der Waals surface area contributed by atoms with Crippen molar-refractivity contribution >= 4 is 21.4 Å². The summed E-state index contributed by atoms with van der Waals surface area (Å²) in [5.74, 6) is 6.90. The van der Waals surface area contributed by atoms with Gasteiger partial charge in [0.15, 0.2) is 9.84 Å². The van der Waals surface area contributed by atoms with Crippen LogP contribution in [0.2, 0.25) is 0 Å². The second kappa shape index (κ2) is 7.27. The number of halogens is 1. The summed E-state index contributed by atoms with van der Waals surface area (Å²) in [5.41, 5.74) is 0.619. The van der Waals surface area contributed by atoms with Crippen molar-refractivity contribution in [2.24, 2.45) is 0 Å². The molecule has 19 heavy (non-hydrogen) atoms. The first-order valence-corrected chi connectivity index (χ1v) is 8.09. The van der Waals surface area contributed by atoms with E-state index in [2.05, 4.69) is 11.8 Å². The van der Waals surface area contributed by atoms with Crippen molar-refractivity contribution in [1.82, 2.24) is 0 Å². The first-order chi connectivity index (χ1) is 8.96. The van der Waals surface area contributed by atoms with Gasteiger partial charge in [0.05, 0.1) is 24.3 Å². The second-order valence-corrected chi connectivity index (χ2v) is 6.30. The average Bonchev–Trinajstić information content (AvgIpc) is 2.35. The molecule has 0 bridgehead atoms. The smallest absolute Gasteiger partial charge is 0.150 e. The zero-order chi connectivity index (χ0) is 14.3. The van der Waals surface area contributed by atoms with Gasteiger partial charge in [0.2, 0.25) is 0 Å². The van der Waals surface area contributed by atoms with Gasteiger partial charge in [-0.05, 0) is 18.2 Å². The quantitative estimate of drug-likeness (QED) is 0.614. The predicted octanol–water partition coefficient (Wildman–Crippen LogP) is 1.71. The Kier molecular flexibility index (Phi) is 6.00. The Balaban J connectivity index is 2.86. The van der Waals surface area contributed by atoms with Crippen LogP contribution in [0.15, 0.2) is 18.2 Å². The minimum atomic E-state index is -3.04. The van der Waals surface area contributed by atoms with Gasteiger partial charge < -0.3 is 9.47 Å². The molecule has 0 heterocycles. The highest BCUT2D eigenvalue weighted by atomic mass is 35.5. The lowest BCUT2D eigenvalue weighted by Crippen LogP contribution is -2.12. The summed E-state index contributed by atoms with van der Waals surface area (Å²) < 4.78 is 32.6. The first-order valence-electron chi connectivity index (χ1n) is 5.49. The van der Waals surface area contributed by atoms with E-state index in [-0.39, 0.29) is 18.2 Å². The maximum absolute atomic E-state index is 11.0. The molecule has 1 rings (SSSR count). The average molecular weight is 303 g/mol. The summed E-state index contributed by atoms with van der Waals surface area (Å²) in [7, 11) is -1.49. The van der Waals surface area contributed by atoms with Crippen molar-refractivity contribution in [3.05, 3.63) is 23.8 Å². The van der Waals surface area contributed by atoms with Crippen molar-refractivity contribution < 1.29 is 17.9 Å². The molecule has 0 unspecified atom stereocenters. The maximum atomic E-state index is 11.0. The zero-order valence-electron chi connectivity index (χ0n) is 10.8. The molecule has 0 aliphatic carbocycles. The third-order valence-electron chi connectivity index (χ3n) is 2.19. The van der Waals surface area contributed by atoms with E-state index in [1.807, 2.05) is 0 Å². The molecule has 0 saturated carbocycles. The van der Waals surface area contributed by atoms with Gasteiger partial charge in [-0.15, -0.1) is 11.6 Å². The zero-order valence-corrected chi connectivity index (χ0v) is 12.3. The van der Waals surface area contributed by atoms with Crippen LogP contribution in [-0.4, -0.2) is 40.0 Å². The van der Waals surface area contributed by atoms with E-state index in [1.54, 1.807) is 25.3 Å². The molecular weight excluding hydrogens is 288 g/mol. The molecular formula is C13H15ClO4S. The fourth-order valence-electron chi connectivity index (χ4n) is 1.29. The van der Waals surface area contributed by atoms with Crippen molar-refractivity contribution in [1.29, 1.82) is 0 Å². The largest absolute Gasteiger partial charge is 0.497 e. The number of alkyl halides is 1. The van der Waals surface area contributed by atoms with E-state index in [4.69, 9.17) is 21.1 Å². The van der Waals surface area contributed by atoms with E-state index in [0.29, 0.717) is 17.1 Å². The van der Waals surface area contributed by atoms with Crippen LogP contribution in [0.4, 0.5) is 0 Å². The minimum absolute atomic E-state index is 0.0403. The normalized spacial score (nSPS) is 10.5. The molecule has 0 saturated heterocycles. The molecule has 1 aromatic rings. The summed E-state index contributed by atoms with van der Waals surface area (Å²) in [5, 5.41) is 0. The Labute approximate surface area is 118 Å². The topological polar surface area (TPSA) is 52.6 Å². The van der Waals surface area contributed by atoms with E-state index in [9.17, 15) is 8.42 Å². The number of hydrogen-bond donors (Lipinski definition) is 0. The van der Waals surface area contributed by atoms with Gasteiger partial charge in [0.1, 0.15) is 18.1 Å². The molecule has 0 aliphatic rings. The fourth-order valence-corrected chi connectivity index (χ4v) is 1.74. The molecule has 0 amide bonds. The number of rotatable bonds is 5. The van der Waals surface area contributed by atoms with Crippen molar-refractivity contribution in [3.63, 3.8) is 0 Å². The standard InChI is InChI=1S/C13H15ClO4S/c1-17-12-5-6-13(11(10-12)4-3-7-14)18-8-9-19(2,15)16/h5-6,10H,7-9H2,1-2H3. The van der Waals surface area contributed by atoms with Gasteiger partial charge in [0.25, 0.3) is 0 Å². The van der Waals surface area contributed by atoms with Crippen LogP contribution in [0.1, 0.15) is 5.56 Å². The second-order valence-electron chi connectivity index (χ2n) is 3.78. The summed E-state index contributed by atoms with van der Waals surface area (Å²) in [6.07, 6.45) is 1.17. The summed E-state index contributed by atoms with van der Waals surface area (Å²) in [6.45, 7) is 0.0840. The van der Waals surface area contributed by atoms with Crippen molar-refractivity contribution in [3.8, 4) is 23.3 Å². The van der Waals surface area contributed by atoms with E-state index in [1.165, 1.54) is 6.26 Å². The lowest BCUT2D eigenvalue weighted by molar-refractivity contribution is 0.339. The molecule has 104 valence electrons. The van der Waals surface area contributed by atoms with Gasteiger partial charge in [-0.3, -0.25) is 0 Å². The third kappa shape index (κ3) is 5.86. The lowest BCUT2D eigenvalue weighted by Gasteiger charge is -2.09. The van der Waals surface area contributed by atoms with Gasteiger partial charge in [-0.1, -0.05) is 11.8 Å². The van der Waals surface area contributed by atoms with Gasteiger partial charge >= 0.3 is 0 Å². The third-order valence-corrected chi connectivity index (χ3v) is 3.23. The van der Waals surface area contributed by atoms with E-state index >= 15 is 0 Å². The molecule has 4 nitrogen and oxygen atoms in total. The Morgan fingerprint density at radius 1 is 1.37 bits per heavy atom. The molecule has 1 aromatic carbocycles. The highest BCUT2D eigenvalue weighted by Gasteiger charge is 2.06. The minimum Gasteiger partial charge on any atom is -0.497 e. The van der Waals surface area contributed by atoms with Crippen molar-refractivity contribution in [2.45, 2.75) is 0 Å². The highest BCUT2D eigenvalue weighted by Crippen LogP contribution is 2.23. The van der Waals surface area contributed by atoms with Crippen molar-refractivity contribution in [2.75, 3.05) is 31.6 Å². The number of methoxy groups -OCH3 is 1. The molecule has 0 N–H and O–H groups in total. The Morgan fingerprint density at radius 3 is 2.68 bits per heavy atom. The van der Waals surface area contributed by atoms with Crippen LogP contribution in [0.5, 0.6) is 11.5 Å². The van der Waals surface area contributed by atoms with Crippen LogP contribution < -0.4 is 9.47 Å². The lowest BCUT2D eigenvalue weighted by atomic mass is 10.2. The number of sulfone groups is 1. The van der Waals surface area contributed by atoms with E-state index in [0.717, 1.165) is 0 Å².